The van der Waals surface area contributed by atoms with Crippen LogP contribution in [0.5, 0.6) is 0 Å². The Bertz CT molecular complexity index is 1390. The zero-order valence-corrected chi connectivity index (χ0v) is 25.5. The van der Waals surface area contributed by atoms with Crippen molar-refractivity contribution < 1.29 is 9.79 Å². The summed E-state index contributed by atoms with van der Waals surface area (Å²) in [5, 5.41) is 31.5. The molecule has 3 aromatic heterocycles. The highest BCUT2D eigenvalue weighted by Gasteiger charge is 2.12. The first-order valence-corrected chi connectivity index (χ1v) is 16.7. The fourth-order valence-electron chi connectivity index (χ4n) is 5.20. The number of aryl methyl sites for hydroxylation is 2. The molecule has 0 saturated heterocycles. The summed E-state index contributed by atoms with van der Waals surface area (Å²) in [6.07, 6.45) is 13.0. The number of hydrogen-bond acceptors (Lipinski definition) is 12. The van der Waals surface area contributed by atoms with Crippen LogP contribution in [0.15, 0.2) is 36.7 Å². The minimum atomic E-state index is -1.95. The van der Waals surface area contributed by atoms with Crippen molar-refractivity contribution in [2.24, 2.45) is 0 Å². The van der Waals surface area contributed by atoms with E-state index < -0.39 is 8.38 Å². The number of para-hydroxylation sites is 1. The molecule has 0 aliphatic heterocycles. The Morgan fingerprint density at radius 1 is 0.814 bits per heavy atom. The van der Waals surface area contributed by atoms with Gasteiger partial charge in [0.25, 0.3) is 0 Å². The van der Waals surface area contributed by atoms with Crippen LogP contribution in [0.4, 0.5) is 11.8 Å². The van der Waals surface area contributed by atoms with Crippen LogP contribution >= 0.6 is 8.38 Å². The largest absolute Gasteiger partial charge is 0.364 e. The van der Waals surface area contributed by atoms with Crippen LogP contribution in [0.3, 0.4) is 0 Å². The Balaban J connectivity index is 1.04. The van der Waals surface area contributed by atoms with Crippen molar-refractivity contribution in [3.8, 4) is 0 Å². The van der Waals surface area contributed by atoms with Crippen molar-refractivity contribution in [1.29, 1.82) is 0 Å². The minimum Gasteiger partial charge on any atom is -0.364 e. The lowest BCUT2D eigenvalue weighted by Crippen LogP contribution is -2.33. The number of hydrogen-bond donors (Lipinski definition) is 6. The van der Waals surface area contributed by atoms with Crippen LogP contribution in [0.25, 0.3) is 10.9 Å². The van der Waals surface area contributed by atoms with E-state index in [-0.39, 0.29) is 6.16 Å². The van der Waals surface area contributed by atoms with Gasteiger partial charge >= 0.3 is 0 Å². The normalized spacial score (nSPS) is 14.1. The smallest absolute Gasteiger partial charge is 0.225 e. The molecule has 5 rings (SSSR count). The van der Waals surface area contributed by atoms with Gasteiger partial charge in [0.1, 0.15) is 17.2 Å². The highest BCUT2D eigenvalue weighted by molar-refractivity contribution is 7.45. The molecule has 0 unspecified atom stereocenters. The topological polar surface area (TPSA) is 176 Å². The molecule has 1 fully saturated rings. The Labute approximate surface area is 253 Å². The van der Waals surface area contributed by atoms with Gasteiger partial charge in [0, 0.05) is 24.1 Å². The molecule has 43 heavy (non-hydrogen) atoms. The van der Waals surface area contributed by atoms with Gasteiger partial charge in [-0.25, -0.2) is 4.98 Å². The van der Waals surface area contributed by atoms with Gasteiger partial charge in [-0.05, 0) is 57.5 Å². The maximum atomic E-state index is 9.14. The molecule has 1 aliphatic carbocycles. The van der Waals surface area contributed by atoms with Crippen molar-refractivity contribution >= 4 is 31.0 Å². The van der Waals surface area contributed by atoms with Gasteiger partial charge in [0.15, 0.2) is 8.38 Å². The third-order valence-corrected chi connectivity index (χ3v) is 8.08. The third kappa shape index (κ3) is 10.1. The summed E-state index contributed by atoms with van der Waals surface area (Å²) in [7, 11) is -1.95. The number of anilines is 2. The van der Waals surface area contributed by atoms with E-state index in [0.717, 1.165) is 67.4 Å². The van der Waals surface area contributed by atoms with Crippen LogP contribution in [0, 0.1) is 0 Å². The second-order valence-electron chi connectivity index (χ2n) is 10.9. The third-order valence-electron chi connectivity index (χ3n) is 7.48. The van der Waals surface area contributed by atoms with E-state index in [9.17, 15) is 0 Å². The summed E-state index contributed by atoms with van der Waals surface area (Å²) >= 11 is 0. The van der Waals surface area contributed by atoms with E-state index >= 15 is 0 Å². The summed E-state index contributed by atoms with van der Waals surface area (Å²) in [6, 6.07) is 8.55. The van der Waals surface area contributed by atoms with Crippen LogP contribution < -0.4 is 21.3 Å². The molecule has 3 heterocycles. The zero-order chi connectivity index (χ0) is 29.7. The average molecular weight is 611 g/mol. The fraction of sp³-hybridized carbons (Fsp3) is 0.571. The lowest BCUT2D eigenvalue weighted by atomic mass is 9.95. The van der Waals surface area contributed by atoms with Crippen LogP contribution in [-0.2, 0) is 26.2 Å². The monoisotopic (exact) mass is 610 g/mol. The van der Waals surface area contributed by atoms with E-state index in [2.05, 4.69) is 46.9 Å². The summed E-state index contributed by atoms with van der Waals surface area (Å²) < 4.78 is 3.48. The van der Waals surface area contributed by atoms with Crippen molar-refractivity contribution in [3.63, 3.8) is 0 Å². The molecule has 0 atom stereocenters. The average Bonchev–Trinajstić information content (AvgIpc) is 3.69. The maximum absolute atomic E-state index is 9.14. The summed E-state index contributed by atoms with van der Waals surface area (Å²) in [6.45, 7) is 5.16. The molecule has 1 aromatic carbocycles. The fourth-order valence-corrected chi connectivity index (χ4v) is 5.58. The Morgan fingerprint density at radius 2 is 1.53 bits per heavy atom. The molecule has 0 radical (unpaired) electrons. The second-order valence-corrected chi connectivity index (χ2v) is 12.1. The van der Waals surface area contributed by atoms with Crippen molar-refractivity contribution in [2.75, 3.05) is 36.4 Å². The minimum absolute atomic E-state index is 0.250. The number of aromatic nitrogens is 8. The van der Waals surface area contributed by atoms with Gasteiger partial charge in [-0.1, -0.05) is 41.8 Å². The molecule has 15 heteroatoms. The first-order valence-electron chi connectivity index (χ1n) is 15.2. The first kappa shape index (κ1) is 31.1. The predicted octanol–water partition coefficient (Wildman–Crippen LogP) is 2.63. The number of benzene rings is 1. The summed E-state index contributed by atoms with van der Waals surface area (Å²) in [5.41, 5.74) is 2.35. The molecular weight excluding hydrogens is 567 g/mol. The van der Waals surface area contributed by atoms with E-state index in [1.165, 1.54) is 32.1 Å². The maximum Gasteiger partial charge on any atom is 0.225 e. The number of rotatable bonds is 18. The molecule has 232 valence electrons. The number of nitrogens with one attached hydrogen (secondary N) is 4. The second kappa shape index (κ2) is 16.5. The van der Waals surface area contributed by atoms with Gasteiger partial charge in [0.05, 0.1) is 37.5 Å². The molecular formula is C28H43N12O2P. The van der Waals surface area contributed by atoms with Gasteiger partial charge in [-0.15, -0.1) is 10.2 Å². The summed E-state index contributed by atoms with van der Waals surface area (Å²) in [4.78, 5) is 27.6. The lowest BCUT2D eigenvalue weighted by Gasteiger charge is -2.22. The highest BCUT2D eigenvalue weighted by Crippen LogP contribution is 2.23. The number of nitrogens with zero attached hydrogens (tertiary/aromatic N) is 8. The lowest BCUT2D eigenvalue weighted by molar-refractivity contribution is 0.371. The van der Waals surface area contributed by atoms with E-state index in [1.54, 1.807) is 10.9 Å². The Hall–Kier alpha value is -3.29. The SMILES string of the molecule is OP(O)CCn1cc(CNc2nc(NCc3cn(CCCNCCCNC4CCCCC4)nn3)nc3ccccc23)nn1. The van der Waals surface area contributed by atoms with Crippen LogP contribution in [0.2, 0.25) is 0 Å². The first-order chi connectivity index (χ1) is 21.1. The van der Waals surface area contributed by atoms with Gasteiger partial charge in [-0.2, -0.15) is 4.98 Å². The number of fused-ring (bicyclic) bond motifs is 1. The van der Waals surface area contributed by atoms with Gasteiger partial charge in [0.2, 0.25) is 5.95 Å². The van der Waals surface area contributed by atoms with Crippen molar-refractivity contribution in [3.05, 3.63) is 48.0 Å². The standard InChI is InChI=1S/C28H43N12O2P/c41-43(42)17-16-40-21-23(35-38-40)18-31-27-25-10-4-5-11-26(25)33-28(34-27)32-19-24-20-39(37-36-24)15-7-13-29-12-6-14-30-22-8-2-1-3-9-22/h4-5,10-11,20-22,29-30,41-42H,1-3,6-9,12-19H2,(H2,31,32,33,34). The Morgan fingerprint density at radius 3 is 2.33 bits per heavy atom. The van der Waals surface area contributed by atoms with E-state index in [4.69, 9.17) is 14.8 Å². The zero-order valence-electron chi connectivity index (χ0n) is 24.6. The highest BCUT2D eigenvalue weighted by atomic mass is 31.2. The quantitative estimate of drug-likeness (QED) is 0.0719. The van der Waals surface area contributed by atoms with Gasteiger partial charge in [-0.3, -0.25) is 9.36 Å². The van der Waals surface area contributed by atoms with E-state index in [1.807, 2.05) is 35.1 Å². The molecule has 0 spiro atoms. The molecule has 0 amide bonds. The van der Waals surface area contributed by atoms with Crippen LogP contribution in [0.1, 0.15) is 56.3 Å². The molecule has 1 aliphatic rings. The van der Waals surface area contributed by atoms with Crippen molar-refractivity contribution in [1.82, 2.24) is 50.6 Å². The van der Waals surface area contributed by atoms with Crippen molar-refractivity contribution in [2.45, 2.75) is 77.2 Å². The molecule has 14 nitrogen and oxygen atoms in total. The van der Waals surface area contributed by atoms with E-state index in [0.29, 0.717) is 31.4 Å². The van der Waals surface area contributed by atoms with Crippen LogP contribution in [-0.4, -0.2) is 81.6 Å². The molecule has 1 saturated carbocycles. The molecule has 6 N–H and O–H groups in total. The van der Waals surface area contributed by atoms with Gasteiger partial charge < -0.3 is 31.1 Å². The molecule has 4 aromatic rings. The Kier molecular flexibility index (Phi) is 12.0. The summed E-state index contributed by atoms with van der Waals surface area (Å²) in [5.74, 6) is 1.17. The predicted molar refractivity (Wildman–Crippen MR) is 167 cm³/mol. The molecule has 0 bridgehead atoms.